The molecule has 0 aliphatic carbocycles. The predicted molar refractivity (Wildman–Crippen MR) is 71.6 cm³/mol. The quantitative estimate of drug-likeness (QED) is 0.857. The van der Waals surface area contributed by atoms with Crippen molar-refractivity contribution < 1.29 is 9.90 Å². The number of carbonyl (C=O) groups is 1. The molecule has 0 fully saturated rings. The Morgan fingerprint density at radius 2 is 1.50 bits per heavy atom. The van der Waals surface area contributed by atoms with E-state index in [0.29, 0.717) is 11.3 Å². The van der Waals surface area contributed by atoms with Crippen molar-refractivity contribution in [2.45, 2.75) is 6.04 Å². The van der Waals surface area contributed by atoms with Crippen molar-refractivity contribution in [3.63, 3.8) is 0 Å². The highest BCUT2D eigenvalue weighted by Gasteiger charge is 2.26. The fraction of sp³-hybridized carbons (Fsp3) is 0.0714. The topological polar surface area (TPSA) is 40.5 Å². The average Bonchev–Trinajstić information content (AvgIpc) is 2.40. The molecule has 0 aliphatic rings. The zero-order valence-electron chi connectivity index (χ0n) is 9.53. The van der Waals surface area contributed by atoms with Gasteiger partial charge in [0.05, 0.1) is 5.69 Å². The molecule has 1 atom stereocenters. The second kappa shape index (κ2) is 5.56. The molecule has 0 aliphatic heterocycles. The van der Waals surface area contributed by atoms with Crippen molar-refractivity contribution in [1.82, 2.24) is 0 Å². The van der Waals surface area contributed by atoms with Crippen molar-refractivity contribution in [3.8, 4) is 0 Å². The highest BCUT2D eigenvalue weighted by Crippen LogP contribution is 2.29. The van der Waals surface area contributed by atoms with Crippen molar-refractivity contribution in [1.29, 1.82) is 0 Å². The molecule has 92 valence electrons. The third-order valence-corrected chi connectivity index (χ3v) is 2.97. The molecule has 1 N–H and O–H groups in total. The molecule has 0 amide bonds. The van der Waals surface area contributed by atoms with Crippen molar-refractivity contribution in [2.24, 2.45) is 0 Å². The number of nitrogens with zero attached hydrogens (tertiary/aromatic N) is 1. The zero-order valence-corrected chi connectivity index (χ0v) is 10.3. The molecule has 2 rings (SSSR count). The lowest BCUT2D eigenvalue weighted by atomic mass is 10.1. The lowest BCUT2D eigenvalue weighted by Gasteiger charge is -2.23. The Morgan fingerprint density at radius 3 is 2.00 bits per heavy atom. The van der Waals surface area contributed by atoms with Crippen LogP contribution in [0.25, 0.3) is 0 Å². The van der Waals surface area contributed by atoms with Crippen LogP contribution >= 0.6 is 11.8 Å². The van der Waals surface area contributed by atoms with Gasteiger partial charge in [-0.25, -0.2) is 4.79 Å². The number of para-hydroxylation sites is 1. The van der Waals surface area contributed by atoms with Gasteiger partial charge in [-0.05, 0) is 17.7 Å². The average molecular weight is 262 g/mol. The van der Waals surface area contributed by atoms with Crippen LogP contribution in [-0.4, -0.2) is 11.1 Å². The minimum absolute atomic E-state index is 0.642. The van der Waals surface area contributed by atoms with E-state index in [1.165, 1.54) is 4.42 Å². The van der Waals surface area contributed by atoms with E-state index >= 15 is 0 Å². The van der Waals surface area contributed by atoms with E-state index in [1.54, 1.807) is 36.4 Å². The monoisotopic (exact) mass is 261 g/mol. The fourth-order valence-electron chi connectivity index (χ4n) is 1.73. The number of hydrogen-bond donors (Lipinski definition) is 1. The third-order valence-electron chi connectivity index (χ3n) is 2.58. The molecule has 0 saturated carbocycles. The van der Waals surface area contributed by atoms with Gasteiger partial charge >= 0.3 is 5.97 Å². The molecule has 0 aromatic heterocycles. The third kappa shape index (κ3) is 2.63. The zero-order chi connectivity index (χ0) is 13.0. The Morgan fingerprint density at radius 1 is 1.00 bits per heavy atom. The van der Waals surface area contributed by atoms with Gasteiger partial charge in [-0.15, -0.1) is 0 Å². The van der Waals surface area contributed by atoms with Crippen LogP contribution in [0.3, 0.4) is 0 Å². The lowest BCUT2D eigenvalue weighted by molar-refractivity contribution is -0.138. The SMILES string of the molecule is O=C(O)C(c1ccccc1)N(Cl)c1ccccc1. The maximum absolute atomic E-state index is 11.4. The van der Waals surface area contributed by atoms with Crippen LogP contribution in [0.1, 0.15) is 11.6 Å². The minimum atomic E-state index is -0.986. The minimum Gasteiger partial charge on any atom is -0.479 e. The summed E-state index contributed by atoms with van der Waals surface area (Å²) in [5.74, 6) is -0.986. The molecule has 0 radical (unpaired) electrons. The van der Waals surface area contributed by atoms with Gasteiger partial charge in [0, 0.05) is 11.8 Å². The van der Waals surface area contributed by atoms with E-state index < -0.39 is 12.0 Å². The number of carboxylic acid groups (broad SMARTS) is 1. The number of rotatable bonds is 4. The van der Waals surface area contributed by atoms with Crippen LogP contribution in [0, 0.1) is 0 Å². The normalized spacial score (nSPS) is 11.8. The number of anilines is 1. The Labute approximate surface area is 110 Å². The highest BCUT2D eigenvalue weighted by molar-refractivity contribution is 6.27. The molecule has 0 spiro atoms. The first-order valence-electron chi connectivity index (χ1n) is 5.48. The van der Waals surface area contributed by atoms with Gasteiger partial charge in [0.2, 0.25) is 0 Å². The van der Waals surface area contributed by atoms with E-state index in [2.05, 4.69) is 0 Å². The van der Waals surface area contributed by atoms with E-state index in [1.807, 2.05) is 24.3 Å². The summed E-state index contributed by atoms with van der Waals surface area (Å²) in [4.78, 5) is 11.4. The summed E-state index contributed by atoms with van der Waals surface area (Å²) < 4.78 is 1.23. The molecule has 0 saturated heterocycles. The van der Waals surface area contributed by atoms with Crippen molar-refractivity contribution in [2.75, 3.05) is 4.42 Å². The standard InChI is InChI=1S/C14H12ClNO2/c15-16(12-9-5-2-6-10-12)13(14(17)18)11-7-3-1-4-8-11/h1-10,13H,(H,17,18). The second-order valence-electron chi connectivity index (χ2n) is 3.80. The molecule has 0 heterocycles. The Kier molecular flexibility index (Phi) is 3.85. The molecule has 2 aromatic carbocycles. The van der Waals surface area contributed by atoms with Crippen LogP contribution in [0.2, 0.25) is 0 Å². The highest BCUT2D eigenvalue weighted by atomic mass is 35.5. The van der Waals surface area contributed by atoms with E-state index in [9.17, 15) is 9.90 Å². The maximum Gasteiger partial charge on any atom is 0.332 e. The second-order valence-corrected chi connectivity index (χ2v) is 4.16. The molecular weight excluding hydrogens is 250 g/mol. The summed E-state index contributed by atoms with van der Waals surface area (Å²) in [7, 11) is 0. The van der Waals surface area contributed by atoms with Gasteiger partial charge in [-0.2, -0.15) is 0 Å². The molecule has 4 heteroatoms. The van der Waals surface area contributed by atoms with Crippen LogP contribution in [0.4, 0.5) is 5.69 Å². The molecule has 0 bridgehead atoms. The number of hydrogen-bond acceptors (Lipinski definition) is 2. The summed E-state index contributed by atoms with van der Waals surface area (Å²) in [5, 5.41) is 9.33. The van der Waals surface area contributed by atoms with Gasteiger partial charge in [0.25, 0.3) is 0 Å². The summed E-state index contributed by atoms with van der Waals surface area (Å²) >= 11 is 6.15. The van der Waals surface area contributed by atoms with Crippen molar-refractivity contribution >= 4 is 23.4 Å². The Hall–Kier alpha value is -2.00. The molecule has 2 aromatic rings. The lowest BCUT2D eigenvalue weighted by Crippen LogP contribution is -2.26. The summed E-state index contributed by atoms with van der Waals surface area (Å²) in [5.41, 5.74) is 1.29. The predicted octanol–water partition coefficient (Wildman–Crippen LogP) is 3.47. The summed E-state index contributed by atoms with van der Waals surface area (Å²) in [6.45, 7) is 0. The largest absolute Gasteiger partial charge is 0.479 e. The molecule has 3 nitrogen and oxygen atoms in total. The summed E-state index contributed by atoms with van der Waals surface area (Å²) in [6.07, 6.45) is 0. The molecule has 1 unspecified atom stereocenters. The van der Waals surface area contributed by atoms with Crippen molar-refractivity contribution in [3.05, 3.63) is 66.2 Å². The van der Waals surface area contributed by atoms with Crippen LogP contribution < -0.4 is 4.42 Å². The fourth-order valence-corrected chi connectivity index (χ4v) is 2.03. The van der Waals surface area contributed by atoms with E-state index in [4.69, 9.17) is 11.8 Å². The van der Waals surface area contributed by atoms with Gasteiger partial charge < -0.3 is 5.11 Å². The molecule has 18 heavy (non-hydrogen) atoms. The van der Waals surface area contributed by atoms with E-state index in [-0.39, 0.29) is 0 Å². The maximum atomic E-state index is 11.4. The Bertz CT molecular complexity index is 516. The number of carboxylic acids is 1. The number of halogens is 1. The van der Waals surface area contributed by atoms with E-state index in [0.717, 1.165) is 0 Å². The van der Waals surface area contributed by atoms with Gasteiger partial charge in [-0.3, -0.25) is 4.42 Å². The van der Waals surface area contributed by atoms with Gasteiger partial charge in [0.1, 0.15) is 0 Å². The van der Waals surface area contributed by atoms with Crippen LogP contribution in [-0.2, 0) is 4.79 Å². The van der Waals surface area contributed by atoms with Gasteiger partial charge in [-0.1, -0.05) is 48.5 Å². The first-order valence-corrected chi connectivity index (χ1v) is 5.82. The number of benzene rings is 2. The Balaban J connectivity index is 2.35. The first-order chi connectivity index (χ1) is 8.70. The summed E-state index contributed by atoms with van der Waals surface area (Å²) in [6, 6.07) is 17.0. The van der Waals surface area contributed by atoms with Crippen LogP contribution in [0.5, 0.6) is 0 Å². The van der Waals surface area contributed by atoms with Crippen LogP contribution in [0.15, 0.2) is 60.7 Å². The smallest absolute Gasteiger partial charge is 0.332 e. The molecular formula is C14H12ClNO2. The number of aliphatic carboxylic acids is 1. The van der Waals surface area contributed by atoms with Gasteiger partial charge in [0.15, 0.2) is 6.04 Å². The first kappa shape index (κ1) is 12.5.